The van der Waals surface area contributed by atoms with E-state index in [0.717, 1.165) is 9.13 Å². The van der Waals surface area contributed by atoms with Crippen LogP contribution in [0.3, 0.4) is 0 Å². The van der Waals surface area contributed by atoms with Gasteiger partial charge in [-0.2, -0.15) is 9.97 Å². The molecule has 2 saturated heterocycles. The van der Waals surface area contributed by atoms with Gasteiger partial charge in [0.1, 0.15) is 36.6 Å². The molecule has 0 unspecified atom stereocenters. The topological polar surface area (TPSA) is 297 Å². The van der Waals surface area contributed by atoms with E-state index < -0.39 is 73.4 Å². The highest BCUT2D eigenvalue weighted by Crippen LogP contribution is 2.32. The number of fused-ring (bicyclic) bond motifs is 2. The van der Waals surface area contributed by atoms with Crippen LogP contribution in [-0.2, 0) is 23.6 Å². The van der Waals surface area contributed by atoms with E-state index in [1.165, 1.54) is 35.9 Å². The van der Waals surface area contributed by atoms with E-state index in [4.69, 9.17) is 31.2 Å². The predicted octanol–water partition coefficient (Wildman–Crippen LogP) is -5.35. The van der Waals surface area contributed by atoms with E-state index in [1.807, 2.05) is 0 Å². The third-order valence-electron chi connectivity index (χ3n) is 7.26. The molecule has 0 amide bonds. The Morgan fingerprint density at radius 1 is 0.714 bits per heavy atom. The fourth-order valence-electron chi connectivity index (χ4n) is 4.72. The van der Waals surface area contributed by atoms with Crippen LogP contribution in [0.15, 0.2) is 22.2 Å². The molecule has 0 bridgehead atoms. The molecule has 6 heterocycles. The lowest BCUT2D eigenvalue weighted by atomic mass is 10.1. The molecule has 228 valence electrons. The van der Waals surface area contributed by atoms with Crippen LogP contribution in [0, 0.1) is 0 Å². The van der Waals surface area contributed by atoms with Crippen LogP contribution in [0.1, 0.15) is 12.5 Å². The number of hydrogen-bond donors (Lipinski definition) is 8. The minimum atomic E-state index is -1.29. The molecule has 42 heavy (non-hydrogen) atoms. The maximum atomic E-state index is 12.0. The van der Waals surface area contributed by atoms with Gasteiger partial charge in [0.2, 0.25) is 11.9 Å². The average Bonchev–Trinajstić information content (AvgIpc) is 3.72. The lowest BCUT2D eigenvalue weighted by Crippen LogP contribution is -2.33. The summed E-state index contributed by atoms with van der Waals surface area (Å²) in [5.41, 5.74) is 10.9. The number of imidazole rings is 2. The van der Waals surface area contributed by atoms with E-state index in [2.05, 4.69) is 19.9 Å². The number of nitrogen functional groups attached to an aromatic ring is 2. The number of ether oxygens (including phenoxy) is 2. The van der Waals surface area contributed by atoms with Crippen LogP contribution in [0.4, 0.5) is 11.9 Å². The summed E-state index contributed by atoms with van der Waals surface area (Å²) in [6, 6.07) is 0. The molecule has 0 spiro atoms. The molecule has 0 aromatic carbocycles. The molecular formula is C22H30N10O10. The van der Waals surface area contributed by atoms with Crippen LogP contribution in [0.5, 0.6) is 0 Å². The number of aliphatic hydroxyl groups excluding tert-OH is 6. The molecule has 20 nitrogen and oxygen atoms in total. The average molecular weight is 595 g/mol. The number of anilines is 2. The lowest BCUT2D eigenvalue weighted by molar-refractivity contribution is -0.0511. The molecule has 4 aromatic heterocycles. The molecule has 20 heteroatoms. The first-order chi connectivity index (χ1) is 19.9. The Bertz CT molecular complexity index is 1610. The van der Waals surface area contributed by atoms with E-state index >= 15 is 0 Å². The highest BCUT2D eigenvalue weighted by atomic mass is 16.6. The maximum absolute atomic E-state index is 12.0. The number of aliphatic hydroxyl groups is 6. The highest BCUT2D eigenvalue weighted by molar-refractivity contribution is 5.71. The first-order valence-electron chi connectivity index (χ1n) is 12.5. The molecule has 2 fully saturated rings. The van der Waals surface area contributed by atoms with Gasteiger partial charge in [0.15, 0.2) is 34.8 Å². The fourth-order valence-corrected chi connectivity index (χ4v) is 4.72. The maximum Gasteiger partial charge on any atom is 0.282 e. The molecule has 0 radical (unpaired) electrons. The van der Waals surface area contributed by atoms with Crippen molar-refractivity contribution in [3.05, 3.63) is 33.4 Å². The summed E-state index contributed by atoms with van der Waals surface area (Å²) in [4.78, 5) is 40.1. The van der Waals surface area contributed by atoms with Crippen molar-refractivity contribution in [2.24, 2.45) is 14.1 Å². The minimum absolute atomic E-state index is 0.0130. The zero-order chi connectivity index (χ0) is 30.6. The van der Waals surface area contributed by atoms with E-state index in [0.29, 0.717) is 0 Å². The van der Waals surface area contributed by atoms with Gasteiger partial charge in [-0.05, 0) is 0 Å². The van der Waals surface area contributed by atoms with Crippen molar-refractivity contribution >= 4 is 34.2 Å². The Balaban J connectivity index is 0.000000168. The summed E-state index contributed by atoms with van der Waals surface area (Å²) in [6.07, 6.45) is -6.39. The Labute approximate surface area is 234 Å². The van der Waals surface area contributed by atoms with E-state index in [-0.39, 0.29) is 34.2 Å². The zero-order valence-corrected chi connectivity index (χ0v) is 22.2. The van der Waals surface area contributed by atoms with Gasteiger partial charge in [0.05, 0.1) is 25.9 Å². The molecule has 0 aliphatic carbocycles. The fraction of sp³-hybridized carbons (Fsp3) is 0.545. The van der Waals surface area contributed by atoms with Crippen molar-refractivity contribution in [3.8, 4) is 0 Å². The van der Waals surface area contributed by atoms with Gasteiger partial charge in [0, 0.05) is 14.1 Å². The summed E-state index contributed by atoms with van der Waals surface area (Å²) in [5.74, 6) is -0.0259. The third kappa shape index (κ3) is 4.59. The molecular weight excluding hydrogens is 564 g/mol. The third-order valence-corrected chi connectivity index (χ3v) is 7.26. The molecule has 2 aliphatic rings. The van der Waals surface area contributed by atoms with E-state index in [9.17, 15) is 30.0 Å². The first-order valence-corrected chi connectivity index (χ1v) is 12.5. The molecule has 0 saturated carbocycles. The monoisotopic (exact) mass is 594 g/mol. The van der Waals surface area contributed by atoms with Gasteiger partial charge in [-0.3, -0.25) is 27.9 Å². The van der Waals surface area contributed by atoms with Crippen molar-refractivity contribution in [2.75, 3.05) is 24.7 Å². The molecule has 4 aromatic rings. The number of nitrogens with zero attached hydrogens (tertiary/aromatic N) is 8. The van der Waals surface area contributed by atoms with Crippen molar-refractivity contribution < 1.29 is 40.1 Å². The summed E-state index contributed by atoms with van der Waals surface area (Å²) in [6.45, 7) is -0.891. The smallest absolute Gasteiger partial charge is 0.282 e. The Kier molecular flexibility index (Phi) is 7.72. The van der Waals surface area contributed by atoms with Crippen molar-refractivity contribution in [1.82, 2.24) is 38.2 Å². The molecule has 8 atom stereocenters. The SMILES string of the molecule is Cn1c(N)nc2c(ncn2[C@@H]2O[C@H](CO)[C@@H](O)[C@H]2O)c1=O.Cn1c(N)nc2c(ncn2[C@@H]2O[C@H](CO)[C@@H](O)[C@H]2O)c1=O. The largest absolute Gasteiger partial charge is 0.394 e. The first kappa shape index (κ1) is 29.5. The highest BCUT2D eigenvalue weighted by Gasteiger charge is 2.45. The quantitative estimate of drug-likeness (QED) is 0.109. The standard InChI is InChI=1S/2C11H15N5O5/c2*1-15-9(20)5-8(14-11(15)12)16(3-13-5)10-7(19)6(18)4(2-17)21-10/h2*3-4,6-7,10,17-19H,2H2,1H3,(H2,12,14)/t2*4-,6-,7-,10-/m11/s1. The van der Waals surface area contributed by atoms with Crippen LogP contribution in [-0.4, -0.2) is 119 Å². The molecule has 10 N–H and O–H groups in total. The second-order valence-corrected chi connectivity index (χ2v) is 9.77. The minimum Gasteiger partial charge on any atom is -0.394 e. The number of hydrogen-bond acceptors (Lipinski definition) is 16. The van der Waals surface area contributed by atoms with Crippen LogP contribution < -0.4 is 22.6 Å². The normalized spacial score (nSPS) is 29.3. The zero-order valence-electron chi connectivity index (χ0n) is 22.2. The van der Waals surface area contributed by atoms with Crippen LogP contribution in [0.25, 0.3) is 22.3 Å². The molecule has 2 aliphatic heterocycles. The Morgan fingerprint density at radius 3 is 1.38 bits per heavy atom. The Morgan fingerprint density at radius 2 is 1.07 bits per heavy atom. The van der Waals surface area contributed by atoms with E-state index in [1.54, 1.807) is 0 Å². The van der Waals surface area contributed by atoms with Gasteiger partial charge in [-0.25, -0.2) is 9.97 Å². The van der Waals surface area contributed by atoms with Crippen LogP contribution >= 0.6 is 0 Å². The van der Waals surface area contributed by atoms with Crippen molar-refractivity contribution in [1.29, 1.82) is 0 Å². The lowest BCUT2D eigenvalue weighted by Gasteiger charge is -2.16. The van der Waals surface area contributed by atoms with Crippen LogP contribution in [0.2, 0.25) is 0 Å². The second-order valence-electron chi connectivity index (χ2n) is 9.77. The van der Waals surface area contributed by atoms with Gasteiger partial charge in [0.25, 0.3) is 11.1 Å². The van der Waals surface area contributed by atoms with Gasteiger partial charge in [-0.15, -0.1) is 0 Å². The molecule has 6 rings (SSSR count). The number of rotatable bonds is 4. The van der Waals surface area contributed by atoms with Crippen molar-refractivity contribution in [3.63, 3.8) is 0 Å². The van der Waals surface area contributed by atoms with Gasteiger partial charge < -0.3 is 51.6 Å². The Hall–Kier alpha value is -4.02. The number of nitrogens with two attached hydrogens (primary N) is 2. The summed E-state index contributed by atoms with van der Waals surface area (Å²) >= 11 is 0. The summed E-state index contributed by atoms with van der Waals surface area (Å²) in [7, 11) is 2.94. The number of aromatic nitrogens is 8. The van der Waals surface area contributed by atoms with Crippen molar-refractivity contribution in [2.45, 2.75) is 49.1 Å². The predicted molar refractivity (Wildman–Crippen MR) is 140 cm³/mol. The summed E-state index contributed by atoms with van der Waals surface area (Å²) in [5, 5.41) is 57.8. The second kappa shape index (κ2) is 11.0. The van der Waals surface area contributed by atoms with Gasteiger partial charge in [-0.1, -0.05) is 0 Å². The van der Waals surface area contributed by atoms with Gasteiger partial charge >= 0.3 is 0 Å². The summed E-state index contributed by atoms with van der Waals surface area (Å²) < 4.78 is 15.7.